The lowest BCUT2D eigenvalue weighted by atomic mass is 9.94. The van der Waals surface area contributed by atoms with E-state index < -0.39 is 54.0 Å². The van der Waals surface area contributed by atoms with Gasteiger partial charge in [0.2, 0.25) is 17.7 Å². The van der Waals surface area contributed by atoms with Crippen LogP contribution in [0.15, 0.2) is 91.1 Å². The molecule has 47 heavy (non-hydrogen) atoms. The summed E-state index contributed by atoms with van der Waals surface area (Å²) in [4.78, 5) is 68.8. The van der Waals surface area contributed by atoms with Crippen molar-refractivity contribution in [3.63, 3.8) is 0 Å². The van der Waals surface area contributed by atoms with Gasteiger partial charge < -0.3 is 36.1 Å². The number of benzene rings is 3. The summed E-state index contributed by atoms with van der Waals surface area (Å²) in [5, 5.41) is 8.75. The quantitative estimate of drug-likeness (QED) is 0.124. The van der Waals surface area contributed by atoms with Crippen LogP contribution in [0.4, 0.5) is 4.79 Å². The number of epoxide rings is 1. The van der Waals surface area contributed by atoms with Gasteiger partial charge in [-0.25, -0.2) is 4.79 Å². The lowest BCUT2D eigenvalue weighted by molar-refractivity contribution is -0.133. The van der Waals surface area contributed by atoms with Gasteiger partial charge in [0.25, 0.3) is 0 Å². The Morgan fingerprint density at radius 1 is 0.809 bits per heavy atom. The Hall–Kier alpha value is -5.49. The fourth-order valence-electron chi connectivity index (χ4n) is 5.27. The second-order valence-electron chi connectivity index (χ2n) is 11.7. The van der Waals surface area contributed by atoms with Crippen LogP contribution in [0, 0.1) is 0 Å². The normalized spacial score (nSPS) is 17.1. The highest BCUT2D eigenvalue weighted by molar-refractivity contribution is 5.99. The number of ether oxygens (including phenoxy) is 2. The second kappa shape index (κ2) is 14.7. The van der Waals surface area contributed by atoms with E-state index in [0.717, 1.165) is 27.6 Å². The number of hydrogen-bond donors (Lipinski definition) is 5. The number of fused-ring (bicyclic) bond motifs is 1. The van der Waals surface area contributed by atoms with Gasteiger partial charge in [0.1, 0.15) is 24.3 Å². The van der Waals surface area contributed by atoms with Crippen molar-refractivity contribution in [2.24, 2.45) is 5.73 Å². The van der Waals surface area contributed by atoms with E-state index in [0.29, 0.717) is 0 Å². The van der Waals surface area contributed by atoms with E-state index >= 15 is 0 Å². The average molecular weight is 640 g/mol. The summed E-state index contributed by atoms with van der Waals surface area (Å²) in [5.41, 5.74) is 7.50. The van der Waals surface area contributed by atoms with Gasteiger partial charge in [-0.3, -0.25) is 19.2 Å². The molecule has 0 spiro atoms. The van der Waals surface area contributed by atoms with Crippen LogP contribution in [0.3, 0.4) is 0 Å². The van der Waals surface area contributed by atoms with E-state index in [2.05, 4.69) is 20.9 Å². The monoisotopic (exact) mass is 639 g/mol. The molecule has 1 fully saturated rings. The molecule has 6 N–H and O–H groups in total. The highest BCUT2D eigenvalue weighted by Gasteiger charge is 2.50. The Morgan fingerprint density at radius 2 is 1.40 bits per heavy atom. The molecule has 12 heteroatoms. The van der Waals surface area contributed by atoms with E-state index in [1.807, 2.05) is 60.7 Å². The molecule has 1 saturated heterocycles. The van der Waals surface area contributed by atoms with Crippen molar-refractivity contribution >= 4 is 40.5 Å². The molecule has 0 bridgehead atoms. The summed E-state index contributed by atoms with van der Waals surface area (Å²) in [6.45, 7) is 1.84. The van der Waals surface area contributed by atoms with Crippen LogP contribution in [0.25, 0.3) is 10.9 Å². The molecule has 3 aromatic carbocycles. The molecule has 4 aromatic rings. The first-order valence-corrected chi connectivity index (χ1v) is 15.2. The summed E-state index contributed by atoms with van der Waals surface area (Å²) in [6, 6.07) is 22.0. The molecule has 4 atom stereocenters. The van der Waals surface area contributed by atoms with Crippen molar-refractivity contribution in [3.8, 4) is 0 Å². The summed E-state index contributed by atoms with van der Waals surface area (Å²) < 4.78 is 10.6. The minimum Gasteiger partial charge on any atom is -0.445 e. The van der Waals surface area contributed by atoms with Crippen molar-refractivity contribution in [1.29, 1.82) is 0 Å². The molecule has 12 nitrogen and oxygen atoms in total. The molecule has 1 aromatic heterocycles. The number of alkyl carbamates (subject to hydrolysis) is 1. The predicted octanol–water partition coefficient (Wildman–Crippen LogP) is 2.45. The zero-order chi connectivity index (χ0) is 33.4. The number of aromatic amines is 1. The number of aromatic nitrogens is 1. The lowest BCUT2D eigenvalue weighted by Gasteiger charge is -2.25. The summed E-state index contributed by atoms with van der Waals surface area (Å²) in [5.74, 6) is -2.60. The minimum atomic E-state index is -1.44. The maximum absolute atomic E-state index is 14.0. The van der Waals surface area contributed by atoms with E-state index in [1.165, 1.54) is 0 Å². The van der Waals surface area contributed by atoms with E-state index in [-0.39, 0.29) is 31.8 Å². The minimum absolute atomic E-state index is 0.0311. The number of rotatable bonds is 15. The Morgan fingerprint density at radius 3 is 2.06 bits per heavy atom. The molecule has 0 radical (unpaired) electrons. The smallest absolute Gasteiger partial charge is 0.408 e. The third-order valence-electron chi connectivity index (χ3n) is 7.97. The van der Waals surface area contributed by atoms with Crippen LogP contribution in [0.5, 0.6) is 0 Å². The second-order valence-corrected chi connectivity index (χ2v) is 11.7. The van der Waals surface area contributed by atoms with Gasteiger partial charge in [0.05, 0.1) is 19.1 Å². The number of H-pyrrole nitrogens is 1. The van der Waals surface area contributed by atoms with Gasteiger partial charge in [-0.2, -0.15) is 0 Å². The fourth-order valence-corrected chi connectivity index (χ4v) is 5.27. The molecule has 0 saturated carbocycles. The van der Waals surface area contributed by atoms with E-state index in [1.54, 1.807) is 37.4 Å². The van der Waals surface area contributed by atoms with E-state index in [4.69, 9.17) is 15.2 Å². The maximum atomic E-state index is 14.0. The van der Waals surface area contributed by atoms with Crippen molar-refractivity contribution in [2.75, 3.05) is 6.61 Å². The molecule has 2 heterocycles. The molecular formula is C35H37N5O7. The van der Waals surface area contributed by atoms with Gasteiger partial charge in [-0.1, -0.05) is 78.9 Å². The topological polar surface area (TPSA) is 185 Å². The van der Waals surface area contributed by atoms with Crippen LogP contribution < -0.4 is 21.7 Å². The molecular weight excluding hydrogens is 602 g/mol. The SMILES string of the molecule is CC1(C(=O)[C@H](Cc2ccccc2)NC(=O)[C@H](Cc2c[nH]c3ccccc23)NC(=O)[C@H](CC(N)=O)NC(=O)OCc2ccccc2)CO1. The zero-order valence-electron chi connectivity index (χ0n) is 25.9. The number of carbonyl (C=O) groups is 5. The fraction of sp³-hybridized carbons (Fsp3) is 0.286. The van der Waals surface area contributed by atoms with Crippen LogP contribution in [-0.2, 0) is 48.1 Å². The van der Waals surface area contributed by atoms with Crippen molar-refractivity contribution in [3.05, 3.63) is 108 Å². The molecule has 5 rings (SSSR count). The molecule has 1 aliphatic rings. The van der Waals surface area contributed by atoms with Crippen molar-refractivity contribution in [1.82, 2.24) is 20.9 Å². The van der Waals surface area contributed by atoms with Crippen LogP contribution >= 0.6 is 0 Å². The Bertz CT molecular complexity index is 1740. The van der Waals surface area contributed by atoms with E-state index in [9.17, 15) is 24.0 Å². The van der Waals surface area contributed by atoms with Crippen LogP contribution in [0.2, 0.25) is 0 Å². The first-order chi connectivity index (χ1) is 22.6. The Balaban J connectivity index is 1.36. The Kier molecular flexibility index (Phi) is 10.3. The van der Waals surface area contributed by atoms with Crippen molar-refractivity contribution < 1.29 is 33.4 Å². The predicted molar refractivity (Wildman–Crippen MR) is 173 cm³/mol. The summed E-state index contributed by atoms with van der Waals surface area (Å²) in [7, 11) is 0. The number of para-hydroxylation sites is 1. The number of nitrogens with two attached hydrogens (primary N) is 1. The average Bonchev–Trinajstić information content (AvgIpc) is 3.70. The summed E-state index contributed by atoms with van der Waals surface area (Å²) in [6.07, 6.45) is 0.487. The number of primary amides is 1. The number of amides is 4. The molecule has 4 amide bonds. The number of ketones is 1. The van der Waals surface area contributed by atoms with Gasteiger partial charge in [-0.15, -0.1) is 0 Å². The standard InChI is InChI=1S/C35H37N5O7/c1-35(21-47-35)31(42)27(16-22-10-4-2-5-11-22)38-32(43)28(17-24-19-37-26-15-9-8-14-25(24)26)39-33(44)29(18-30(36)41)40-34(45)46-20-23-12-6-3-7-13-23/h2-15,19,27-29,37H,16-18,20-21H2,1H3,(H2,36,41)(H,38,43)(H,39,44)(H,40,45)/t27-,28-,29-,35?/m0/s1. The highest BCUT2D eigenvalue weighted by Crippen LogP contribution is 2.29. The third kappa shape index (κ3) is 8.82. The van der Waals surface area contributed by atoms with Gasteiger partial charge in [-0.05, 0) is 36.1 Å². The number of nitrogens with one attached hydrogen (secondary N) is 4. The lowest BCUT2D eigenvalue weighted by Crippen LogP contribution is -2.58. The number of carbonyl (C=O) groups excluding carboxylic acids is 5. The largest absolute Gasteiger partial charge is 0.445 e. The Labute approximate surface area is 271 Å². The molecule has 1 aliphatic heterocycles. The van der Waals surface area contributed by atoms with Gasteiger partial charge in [0.15, 0.2) is 5.78 Å². The van der Waals surface area contributed by atoms with Gasteiger partial charge >= 0.3 is 6.09 Å². The molecule has 1 unspecified atom stereocenters. The molecule has 0 aliphatic carbocycles. The van der Waals surface area contributed by atoms with Gasteiger partial charge in [0, 0.05) is 23.5 Å². The van der Waals surface area contributed by atoms with Crippen molar-refractivity contribution in [2.45, 2.75) is 56.5 Å². The first kappa shape index (κ1) is 32.9. The zero-order valence-corrected chi connectivity index (χ0v) is 25.9. The third-order valence-corrected chi connectivity index (χ3v) is 7.97. The van der Waals surface area contributed by atoms with Crippen LogP contribution in [0.1, 0.15) is 30.0 Å². The number of Topliss-reactive ketones (excluding diaryl/α,β-unsaturated/α-hetero) is 1. The highest BCUT2D eigenvalue weighted by atomic mass is 16.6. The summed E-state index contributed by atoms with van der Waals surface area (Å²) >= 11 is 0. The van der Waals surface area contributed by atoms with Crippen LogP contribution in [-0.4, -0.2) is 64.9 Å². The maximum Gasteiger partial charge on any atom is 0.408 e. The molecule has 244 valence electrons. The first-order valence-electron chi connectivity index (χ1n) is 15.2. The number of hydrogen-bond acceptors (Lipinski definition) is 7.